The Morgan fingerprint density at radius 1 is 1.00 bits per heavy atom. The molecule has 1 aromatic carbocycles. The lowest BCUT2D eigenvalue weighted by molar-refractivity contribution is 0.0538. The van der Waals surface area contributed by atoms with Gasteiger partial charge in [0.1, 0.15) is 0 Å². The molecule has 0 aliphatic carbocycles. The van der Waals surface area contributed by atoms with Gasteiger partial charge in [-0.3, -0.25) is 9.59 Å². The van der Waals surface area contributed by atoms with Crippen molar-refractivity contribution in [3.05, 3.63) is 56.8 Å². The van der Waals surface area contributed by atoms with Crippen LogP contribution in [0.1, 0.15) is 37.4 Å². The maximum atomic E-state index is 13.3. The van der Waals surface area contributed by atoms with Gasteiger partial charge in [-0.2, -0.15) is 0 Å². The van der Waals surface area contributed by atoms with Gasteiger partial charge in [0.15, 0.2) is 11.6 Å². The fourth-order valence-electron chi connectivity index (χ4n) is 3.06. The van der Waals surface area contributed by atoms with E-state index in [-0.39, 0.29) is 17.4 Å². The summed E-state index contributed by atoms with van der Waals surface area (Å²) in [6, 6.07) is 5.09. The molecule has 0 saturated carbocycles. The number of aryl methyl sites for hydroxylation is 2. The van der Waals surface area contributed by atoms with E-state index >= 15 is 0 Å². The third kappa shape index (κ3) is 3.62. The number of hydrogen-bond acceptors (Lipinski definition) is 3. The minimum atomic E-state index is -1.04. The molecule has 1 aliphatic rings. The molecule has 4 nitrogen and oxygen atoms in total. The van der Waals surface area contributed by atoms with Crippen LogP contribution in [-0.2, 0) is 6.42 Å². The van der Waals surface area contributed by atoms with Crippen LogP contribution in [0.4, 0.5) is 8.78 Å². The maximum absolute atomic E-state index is 13.3. The van der Waals surface area contributed by atoms with Gasteiger partial charge in [0.2, 0.25) is 0 Å². The average Bonchev–Trinajstić information content (AvgIpc) is 3.03. The first-order valence-corrected chi connectivity index (χ1v) is 9.35. The number of carbonyl (C=O) groups excluding carboxylic acids is 2. The summed E-state index contributed by atoms with van der Waals surface area (Å²) in [6.07, 6.45) is 0.895. The standard InChI is InChI=1S/C19H20F2N2O2S/c1-3-13-11-17(26-12(13)2)19(25)23-8-6-22(7-9-23)18(24)14-4-5-15(20)16(21)10-14/h4-5,10-11H,3,6-9H2,1-2H3. The number of rotatable bonds is 3. The van der Waals surface area contributed by atoms with Crippen LogP contribution in [0.5, 0.6) is 0 Å². The Hall–Kier alpha value is -2.28. The lowest BCUT2D eigenvalue weighted by Gasteiger charge is -2.34. The fourth-order valence-corrected chi connectivity index (χ4v) is 4.14. The summed E-state index contributed by atoms with van der Waals surface area (Å²) in [5.41, 5.74) is 1.30. The fraction of sp³-hybridized carbons (Fsp3) is 0.368. The first-order chi connectivity index (χ1) is 12.4. The Kier molecular flexibility index (Phi) is 5.36. The lowest BCUT2D eigenvalue weighted by atomic mass is 10.1. The second kappa shape index (κ2) is 7.53. The van der Waals surface area contributed by atoms with Gasteiger partial charge in [0, 0.05) is 36.6 Å². The Balaban J connectivity index is 1.63. The number of carbonyl (C=O) groups is 2. The predicted molar refractivity (Wildman–Crippen MR) is 96.6 cm³/mol. The summed E-state index contributed by atoms with van der Waals surface area (Å²) in [5, 5.41) is 0. The van der Waals surface area contributed by atoms with E-state index in [1.807, 2.05) is 13.0 Å². The molecule has 0 bridgehead atoms. The van der Waals surface area contributed by atoms with Crippen LogP contribution >= 0.6 is 11.3 Å². The van der Waals surface area contributed by atoms with Crippen molar-refractivity contribution < 1.29 is 18.4 Å². The smallest absolute Gasteiger partial charge is 0.264 e. The molecule has 0 N–H and O–H groups in total. The normalized spacial score (nSPS) is 14.6. The molecular weight excluding hydrogens is 358 g/mol. The lowest BCUT2D eigenvalue weighted by Crippen LogP contribution is -2.50. The number of piperazine rings is 1. The zero-order chi connectivity index (χ0) is 18.8. The molecule has 1 aromatic heterocycles. The second-order valence-corrected chi connectivity index (χ2v) is 7.52. The Labute approximate surface area is 155 Å². The van der Waals surface area contributed by atoms with Crippen LogP contribution in [0.25, 0.3) is 0 Å². The van der Waals surface area contributed by atoms with Crippen molar-refractivity contribution in [2.24, 2.45) is 0 Å². The van der Waals surface area contributed by atoms with E-state index in [0.29, 0.717) is 26.2 Å². The molecule has 2 heterocycles. The molecule has 1 saturated heterocycles. The van der Waals surface area contributed by atoms with Crippen molar-refractivity contribution in [2.75, 3.05) is 26.2 Å². The highest BCUT2D eigenvalue weighted by Crippen LogP contribution is 2.24. The predicted octanol–water partition coefficient (Wildman–Crippen LogP) is 3.50. The number of amides is 2. The summed E-state index contributed by atoms with van der Waals surface area (Å²) >= 11 is 1.50. The molecule has 3 rings (SSSR count). The van der Waals surface area contributed by atoms with Crippen molar-refractivity contribution in [2.45, 2.75) is 20.3 Å². The number of nitrogens with zero attached hydrogens (tertiary/aromatic N) is 2. The highest BCUT2D eigenvalue weighted by atomic mass is 32.1. The zero-order valence-corrected chi connectivity index (χ0v) is 15.5. The maximum Gasteiger partial charge on any atom is 0.264 e. The molecule has 1 aliphatic heterocycles. The van der Waals surface area contributed by atoms with Gasteiger partial charge in [-0.1, -0.05) is 6.92 Å². The van der Waals surface area contributed by atoms with Gasteiger partial charge in [-0.25, -0.2) is 8.78 Å². The van der Waals surface area contributed by atoms with Gasteiger partial charge < -0.3 is 9.80 Å². The van der Waals surface area contributed by atoms with Crippen LogP contribution in [0.15, 0.2) is 24.3 Å². The molecule has 0 radical (unpaired) electrons. The topological polar surface area (TPSA) is 40.6 Å². The van der Waals surface area contributed by atoms with E-state index in [9.17, 15) is 18.4 Å². The average molecular weight is 378 g/mol. The Bertz CT molecular complexity index is 842. The molecule has 1 fully saturated rings. The van der Waals surface area contributed by atoms with Crippen molar-refractivity contribution in [3.8, 4) is 0 Å². The monoisotopic (exact) mass is 378 g/mol. The SMILES string of the molecule is CCc1cc(C(=O)N2CCN(C(=O)c3ccc(F)c(F)c3)CC2)sc1C. The summed E-state index contributed by atoms with van der Waals surface area (Å²) in [4.78, 5) is 30.3. The quantitative estimate of drug-likeness (QED) is 0.820. The minimum absolute atomic E-state index is 0.0160. The number of hydrogen-bond donors (Lipinski definition) is 0. The van der Waals surface area contributed by atoms with Gasteiger partial charge in [0.25, 0.3) is 11.8 Å². The first kappa shape index (κ1) is 18.5. The van der Waals surface area contributed by atoms with Crippen molar-refractivity contribution in [3.63, 3.8) is 0 Å². The highest BCUT2D eigenvalue weighted by Gasteiger charge is 2.27. The molecule has 0 unspecified atom stereocenters. The number of thiophene rings is 1. The minimum Gasteiger partial charge on any atom is -0.335 e. The molecule has 0 atom stereocenters. The second-order valence-electron chi connectivity index (χ2n) is 6.26. The third-order valence-electron chi connectivity index (χ3n) is 4.63. The van der Waals surface area contributed by atoms with Gasteiger partial charge >= 0.3 is 0 Å². The van der Waals surface area contributed by atoms with E-state index in [2.05, 4.69) is 6.92 Å². The zero-order valence-electron chi connectivity index (χ0n) is 14.7. The largest absolute Gasteiger partial charge is 0.335 e. The van der Waals surface area contributed by atoms with Crippen molar-refractivity contribution in [1.82, 2.24) is 9.80 Å². The summed E-state index contributed by atoms with van der Waals surface area (Å²) < 4.78 is 26.3. The Morgan fingerprint density at radius 2 is 1.62 bits per heavy atom. The number of halogens is 2. The van der Waals surface area contributed by atoms with Crippen LogP contribution in [-0.4, -0.2) is 47.8 Å². The van der Waals surface area contributed by atoms with E-state index in [0.717, 1.165) is 28.3 Å². The van der Waals surface area contributed by atoms with Crippen LogP contribution in [0, 0.1) is 18.6 Å². The molecule has 26 heavy (non-hydrogen) atoms. The highest BCUT2D eigenvalue weighted by molar-refractivity contribution is 7.14. The van der Waals surface area contributed by atoms with Crippen molar-refractivity contribution in [1.29, 1.82) is 0 Å². The Morgan fingerprint density at radius 3 is 2.15 bits per heavy atom. The van der Waals surface area contributed by atoms with E-state index < -0.39 is 11.6 Å². The molecule has 0 spiro atoms. The first-order valence-electron chi connectivity index (χ1n) is 8.53. The van der Waals surface area contributed by atoms with Crippen LogP contribution < -0.4 is 0 Å². The van der Waals surface area contributed by atoms with Gasteiger partial charge in [0.05, 0.1) is 4.88 Å². The molecule has 7 heteroatoms. The van der Waals surface area contributed by atoms with E-state index in [4.69, 9.17) is 0 Å². The summed E-state index contributed by atoms with van der Waals surface area (Å²) in [7, 11) is 0. The molecule has 2 aromatic rings. The van der Waals surface area contributed by atoms with Crippen molar-refractivity contribution >= 4 is 23.2 Å². The third-order valence-corrected chi connectivity index (χ3v) is 5.71. The van der Waals surface area contributed by atoms with Crippen LogP contribution in [0.3, 0.4) is 0 Å². The number of benzene rings is 1. The molecule has 2 amide bonds. The van der Waals surface area contributed by atoms with Gasteiger partial charge in [-0.05, 0) is 43.2 Å². The summed E-state index contributed by atoms with van der Waals surface area (Å²) in [6.45, 7) is 5.66. The van der Waals surface area contributed by atoms with E-state index in [1.54, 1.807) is 9.80 Å². The molecule has 138 valence electrons. The van der Waals surface area contributed by atoms with Crippen LogP contribution in [0.2, 0.25) is 0 Å². The van der Waals surface area contributed by atoms with Gasteiger partial charge in [-0.15, -0.1) is 11.3 Å². The summed E-state index contributed by atoms with van der Waals surface area (Å²) in [5.74, 6) is -2.38. The molecular formula is C19H20F2N2O2S. The van der Waals surface area contributed by atoms with E-state index in [1.165, 1.54) is 23.0 Å².